The number of rotatable bonds is 10. The van der Waals surface area contributed by atoms with Gasteiger partial charge in [0.25, 0.3) is 15.7 Å². The van der Waals surface area contributed by atoms with Crippen LogP contribution >= 0.6 is 0 Å². The summed E-state index contributed by atoms with van der Waals surface area (Å²) >= 11 is 0. The molecule has 0 amide bonds. The van der Waals surface area contributed by atoms with E-state index in [4.69, 9.17) is 0 Å². The standard InChI is InChI=1S/C20H26N4O4S/c1-4-6-13-23(5-2)20-12-9-18(24(25)26)14-17(20)15-21-22-29(27,28)19-10-7-16(3)8-11-19/h7-12,14-15,22H,4-6,13H2,1-3H3. The molecule has 156 valence electrons. The molecule has 9 heteroatoms. The lowest BCUT2D eigenvalue weighted by Crippen LogP contribution is -2.25. The highest BCUT2D eigenvalue weighted by Crippen LogP contribution is 2.25. The molecule has 2 aromatic carbocycles. The maximum atomic E-state index is 12.4. The van der Waals surface area contributed by atoms with Crippen LogP contribution in [0.15, 0.2) is 52.5 Å². The number of anilines is 1. The third kappa shape index (κ3) is 6.02. The molecule has 0 saturated carbocycles. The Labute approximate surface area is 171 Å². The van der Waals surface area contributed by atoms with Gasteiger partial charge in [-0.1, -0.05) is 31.0 Å². The van der Waals surface area contributed by atoms with Crippen molar-refractivity contribution in [3.05, 3.63) is 63.7 Å². The lowest BCUT2D eigenvalue weighted by Gasteiger charge is -2.24. The maximum absolute atomic E-state index is 12.4. The molecule has 0 fully saturated rings. The first-order chi connectivity index (χ1) is 13.8. The molecule has 0 radical (unpaired) electrons. The summed E-state index contributed by atoms with van der Waals surface area (Å²) in [5.74, 6) is 0. The van der Waals surface area contributed by atoms with Crippen LogP contribution in [0, 0.1) is 17.0 Å². The number of hydrogen-bond donors (Lipinski definition) is 1. The Kier molecular flexibility index (Phi) is 7.72. The highest BCUT2D eigenvalue weighted by atomic mass is 32.2. The normalized spacial score (nSPS) is 11.6. The average molecular weight is 419 g/mol. The Balaban J connectivity index is 2.32. The van der Waals surface area contributed by atoms with Crippen molar-refractivity contribution in [3.8, 4) is 0 Å². The number of unbranched alkanes of at least 4 members (excludes halogenated alkanes) is 1. The van der Waals surface area contributed by atoms with Crippen molar-refractivity contribution in [1.29, 1.82) is 0 Å². The van der Waals surface area contributed by atoms with Crippen LogP contribution in [0.2, 0.25) is 0 Å². The first-order valence-corrected chi connectivity index (χ1v) is 10.9. The van der Waals surface area contributed by atoms with Gasteiger partial charge in [0.2, 0.25) is 0 Å². The second-order valence-corrected chi connectivity index (χ2v) is 8.26. The number of aryl methyl sites for hydroxylation is 1. The Bertz CT molecular complexity index is 972. The molecule has 0 aliphatic carbocycles. The smallest absolute Gasteiger partial charge is 0.276 e. The van der Waals surface area contributed by atoms with Crippen LogP contribution in [-0.4, -0.2) is 32.6 Å². The van der Waals surface area contributed by atoms with E-state index in [0.717, 1.165) is 30.6 Å². The number of nitrogens with zero attached hydrogens (tertiary/aromatic N) is 3. The second kappa shape index (κ2) is 10.0. The van der Waals surface area contributed by atoms with E-state index in [1.165, 1.54) is 30.5 Å². The van der Waals surface area contributed by atoms with E-state index in [1.807, 2.05) is 13.8 Å². The van der Waals surface area contributed by atoms with Crippen LogP contribution in [-0.2, 0) is 10.0 Å². The number of hydrogen-bond acceptors (Lipinski definition) is 6. The van der Waals surface area contributed by atoms with Crippen LogP contribution in [0.3, 0.4) is 0 Å². The molecular weight excluding hydrogens is 392 g/mol. The monoisotopic (exact) mass is 418 g/mol. The Hall–Kier alpha value is -2.94. The third-order valence-electron chi connectivity index (χ3n) is 4.43. The molecule has 0 heterocycles. The van der Waals surface area contributed by atoms with Gasteiger partial charge in [0.1, 0.15) is 0 Å². The highest BCUT2D eigenvalue weighted by Gasteiger charge is 2.15. The number of nitro groups is 1. The van der Waals surface area contributed by atoms with E-state index < -0.39 is 14.9 Å². The van der Waals surface area contributed by atoms with Gasteiger partial charge >= 0.3 is 0 Å². The molecule has 2 rings (SSSR count). The van der Waals surface area contributed by atoms with Crippen molar-refractivity contribution < 1.29 is 13.3 Å². The quantitative estimate of drug-likeness (QED) is 0.358. The first-order valence-electron chi connectivity index (χ1n) is 9.43. The van der Waals surface area contributed by atoms with Gasteiger partial charge in [0.05, 0.1) is 16.0 Å². The number of sulfonamides is 1. The molecule has 0 aliphatic rings. The summed E-state index contributed by atoms with van der Waals surface area (Å²) in [6.07, 6.45) is 3.30. The fraction of sp³-hybridized carbons (Fsp3) is 0.350. The van der Waals surface area contributed by atoms with Gasteiger partial charge in [0.15, 0.2) is 0 Å². The van der Waals surface area contributed by atoms with Gasteiger partial charge in [-0.25, -0.2) is 4.83 Å². The lowest BCUT2D eigenvalue weighted by atomic mass is 10.1. The summed E-state index contributed by atoms with van der Waals surface area (Å²) < 4.78 is 24.8. The van der Waals surface area contributed by atoms with Gasteiger partial charge in [0, 0.05) is 36.5 Å². The molecule has 0 unspecified atom stereocenters. The molecule has 29 heavy (non-hydrogen) atoms. The van der Waals surface area contributed by atoms with Crippen molar-refractivity contribution in [3.63, 3.8) is 0 Å². The van der Waals surface area contributed by atoms with Crippen molar-refractivity contribution >= 4 is 27.6 Å². The lowest BCUT2D eigenvalue weighted by molar-refractivity contribution is -0.384. The maximum Gasteiger partial charge on any atom is 0.276 e. The van der Waals surface area contributed by atoms with Crippen molar-refractivity contribution in [1.82, 2.24) is 4.83 Å². The molecule has 0 saturated heterocycles. The molecule has 8 nitrogen and oxygen atoms in total. The van der Waals surface area contributed by atoms with Gasteiger partial charge in [-0.3, -0.25) is 10.1 Å². The van der Waals surface area contributed by atoms with E-state index in [9.17, 15) is 18.5 Å². The minimum Gasteiger partial charge on any atom is -0.371 e. The van der Waals surface area contributed by atoms with Crippen LogP contribution in [0.25, 0.3) is 0 Å². The van der Waals surface area contributed by atoms with Crippen molar-refractivity contribution in [2.45, 2.75) is 38.5 Å². The van der Waals surface area contributed by atoms with Crippen LogP contribution in [0.1, 0.15) is 37.8 Å². The third-order valence-corrected chi connectivity index (χ3v) is 5.67. The number of nitrogens with one attached hydrogen (secondary N) is 1. The van der Waals surface area contributed by atoms with Crippen LogP contribution in [0.4, 0.5) is 11.4 Å². The van der Waals surface area contributed by atoms with Gasteiger partial charge < -0.3 is 4.90 Å². The summed E-state index contributed by atoms with van der Waals surface area (Å²) in [6, 6.07) is 10.9. The molecule has 1 N–H and O–H groups in total. The van der Waals surface area contributed by atoms with Crippen molar-refractivity contribution in [2.75, 3.05) is 18.0 Å². The largest absolute Gasteiger partial charge is 0.371 e. The minimum atomic E-state index is -3.82. The summed E-state index contributed by atoms with van der Waals surface area (Å²) in [5.41, 5.74) is 2.11. The number of non-ortho nitro benzene ring substituents is 1. The highest BCUT2D eigenvalue weighted by molar-refractivity contribution is 7.89. The Morgan fingerprint density at radius 3 is 2.45 bits per heavy atom. The van der Waals surface area contributed by atoms with Crippen LogP contribution in [0.5, 0.6) is 0 Å². The summed E-state index contributed by atoms with van der Waals surface area (Å²) in [5, 5.41) is 15.0. The van der Waals surface area contributed by atoms with Gasteiger partial charge in [-0.05, 0) is 38.5 Å². The SMILES string of the molecule is CCCCN(CC)c1ccc([N+](=O)[O-])cc1C=NNS(=O)(=O)c1ccc(C)cc1. The fourth-order valence-electron chi connectivity index (χ4n) is 2.78. The zero-order valence-electron chi connectivity index (χ0n) is 16.8. The van der Waals surface area contributed by atoms with Crippen LogP contribution < -0.4 is 9.73 Å². The Morgan fingerprint density at radius 2 is 1.86 bits per heavy atom. The molecular formula is C20H26N4O4S. The predicted molar refractivity (Wildman–Crippen MR) is 115 cm³/mol. The molecule has 0 atom stereocenters. The average Bonchev–Trinajstić information content (AvgIpc) is 2.69. The molecule has 0 bridgehead atoms. The molecule has 0 aliphatic heterocycles. The summed E-state index contributed by atoms with van der Waals surface area (Å²) in [4.78, 5) is 15.0. The second-order valence-electron chi connectivity index (χ2n) is 6.60. The number of hydrazone groups is 1. The van der Waals surface area contributed by atoms with E-state index in [-0.39, 0.29) is 10.6 Å². The predicted octanol–water partition coefficient (Wildman–Crippen LogP) is 3.84. The number of benzene rings is 2. The molecule has 2 aromatic rings. The summed E-state index contributed by atoms with van der Waals surface area (Å²) in [7, 11) is -3.82. The first kappa shape index (κ1) is 22.4. The van der Waals surface area contributed by atoms with Gasteiger partial charge in [-0.15, -0.1) is 0 Å². The zero-order chi connectivity index (χ0) is 21.4. The van der Waals surface area contributed by atoms with E-state index in [2.05, 4.69) is 21.8 Å². The van der Waals surface area contributed by atoms with E-state index in [0.29, 0.717) is 12.1 Å². The van der Waals surface area contributed by atoms with Gasteiger partial charge in [-0.2, -0.15) is 13.5 Å². The van der Waals surface area contributed by atoms with E-state index in [1.54, 1.807) is 18.2 Å². The topological polar surface area (TPSA) is 105 Å². The number of nitro benzene ring substituents is 1. The van der Waals surface area contributed by atoms with E-state index >= 15 is 0 Å². The fourth-order valence-corrected chi connectivity index (χ4v) is 3.57. The van der Waals surface area contributed by atoms with Crippen molar-refractivity contribution in [2.24, 2.45) is 5.10 Å². The Morgan fingerprint density at radius 1 is 1.17 bits per heavy atom. The molecule has 0 spiro atoms. The summed E-state index contributed by atoms with van der Waals surface area (Å²) in [6.45, 7) is 7.46. The molecule has 0 aromatic heterocycles. The minimum absolute atomic E-state index is 0.0804. The zero-order valence-corrected chi connectivity index (χ0v) is 17.6.